The quantitative estimate of drug-likeness (QED) is 0.133. The van der Waals surface area contributed by atoms with Crippen molar-refractivity contribution in [1.82, 2.24) is 0 Å². The molecule has 0 aliphatic heterocycles. The zero-order valence-electron chi connectivity index (χ0n) is 19.9. The predicted octanol–water partition coefficient (Wildman–Crippen LogP) is 8.33. The fourth-order valence-corrected chi connectivity index (χ4v) is 3.78. The standard InChI is InChI=1S/C26H50O3/c1-4-6-8-10-12-14-16-18-20-22-25(24(3)27)29-26(28)23-21-19-17-15-13-11-9-7-5-2/h25H,4-23H2,1-3H3. The van der Waals surface area contributed by atoms with Crippen molar-refractivity contribution >= 4 is 11.8 Å². The van der Waals surface area contributed by atoms with Crippen molar-refractivity contribution in [3.63, 3.8) is 0 Å². The van der Waals surface area contributed by atoms with Crippen LogP contribution in [-0.4, -0.2) is 17.9 Å². The molecule has 0 saturated carbocycles. The number of hydrogen-bond donors (Lipinski definition) is 0. The third-order valence-corrected chi connectivity index (χ3v) is 5.78. The van der Waals surface area contributed by atoms with Gasteiger partial charge in [-0.2, -0.15) is 0 Å². The molecule has 1 unspecified atom stereocenters. The number of esters is 1. The molecule has 0 fully saturated rings. The van der Waals surface area contributed by atoms with E-state index in [1.165, 1.54) is 89.9 Å². The van der Waals surface area contributed by atoms with Crippen LogP contribution in [0.4, 0.5) is 0 Å². The van der Waals surface area contributed by atoms with Crippen LogP contribution in [0.25, 0.3) is 0 Å². The molecule has 0 aliphatic rings. The van der Waals surface area contributed by atoms with Gasteiger partial charge < -0.3 is 4.74 Å². The Balaban J connectivity index is 3.65. The largest absolute Gasteiger partial charge is 0.454 e. The van der Waals surface area contributed by atoms with Crippen molar-refractivity contribution < 1.29 is 14.3 Å². The number of carbonyl (C=O) groups excluding carboxylic acids is 2. The molecule has 0 aliphatic carbocycles. The Morgan fingerprint density at radius 2 is 0.966 bits per heavy atom. The van der Waals surface area contributed by atoms with Gasteiger partial charge in [0.25, 0.3) is 0 Å². The molecule has 0 spiro atoms. The smallest absolute Gasteiger partial charge is 0.306 e. The molecule has 0 radical (unpaired) electrons. The van der Waals surface area contributed by atoms with Gasteiger partial charge >= 0.3 is 5.97 Å². The minimum absolute atomic E-state index is 0.00926. The zero-order valence-corrected chi connectivity index (χ0v) is 19.9. The molecule has 0 amide bonds. The Morgan fingerprint density at radius 3 is 1.38 bits per heavy atom. The van der Waals surface area contributed by atoms with E-state index in [0.29, 0.717) is 12.8 Å². The second kappa shape index (κ2) is 21.8. The van der Waals surface area contributed by atoms with E-state index >= 15 is 0 Å². The van der Waals surface area contributed by atoms with Gasteiger partial charge in [0.15, 0.2) is 11.9 Å². The first-order valence-corrected chi connectivity index (χ1v) is 12.8. The van der Waals surface area contributed by atoms with E-state index in [9.17, 15) is 9.59 Å². The lowest BCUT2D eigenvalue weighted by Gasteiger charge is -2.15. The van der Waals surface area contributed by atoms with E-state index in [2.05, 4.69) is 13.8 Å². The summed E-state index contributed by atoms with van der Waals surface area (Å²) >= 11 is 0. The highest BCUT2D eigenvalue weighted by molar-refractivity contribution is 5.83. The average molecular weight is 411 g/mol. The zero-order chi connectivity index (χ0) is 21.6. The summed E-state index contributed by atoms with van der Waals surface area (Å²) in [5, 5.41) is 0. The van der Waals surface area contributed by atoms with Crippen molar-refractivity contribution in [3.05, 3.63) is 0 Å². The summed E-state index contributed by atoms with van der Waals surface area (Å²) in [4.78, 5) is 23.8. The summed E-state index contributed by atoms with van der Waals surface area (Å²) in [6, 6.07) is 0. The van der Waals surface area contributed by atoms with Crippen LogP contribution >= 0.6 is 0 Å². The van der Waals surface area contributed by atoms with Gasteiger partial charge in [-0.05, 0) is 26.2 Å². The lowest BCUT2D eigenvalue weighted by Crippen LogP contribution is -2.25. The van der Waals surface area contributed by atoms with E-state index < -0.39 is 6.10 Å². The Hall–Kier alpha value is -0.860. The molecule has 0 bridgehead atoms. The second-order valence-electron chi connectivity index (χ2n) is 8.78. The van der Waals surface area contributed by atoms with Crippen LogP contribution < -0.4 is 0 Å². The molecular weight excluding hydrogens is 360 g/mol. The number of rotatable bonds is 22. The van der Waals surface area contributed by atoms with E-state index in [0.717, 1.165) is 25.7 Å². The fraction of sp³-hybridized carbons (Fsp3) is 0.923. The summed E-state index contributed by atoms with van der Waals surface area (Å²) in [6.45, 7) is 6.03. The maximum absolute atomic E-state index is 12.1. The maximum atomic E-state index is 12.1. The van der Waals surface area contributed by atoms with Crippen molar-refractivity contribution in [2.24, 2.45) is 0 Å². The second-order valence-corrected chi connectivity index (χ2v) is 8.78. The molecule has 29 heavy (non-hydrogen) atoms. The van der Waals surface area contributed by atoms with Crippen molar-refractivity contribution in [3.8, 4) is 0 Å². The molecule has 3 nitrogen and oxygen atoms in total. The predicted molar refractivity (Wildman–Crippen MR) is 124 cm³/mol. The average Bonchev–Trinajstić information content (AvgIpc) is 2.70. The number of carbonyl (C=O) groups is 2. The number of unbranched alkanes of at least 4 members (excludes halogenated alkanes) is 16. The van der Waals surface area contributed by atoms with Crippen molar-refractivity contribution in [1.29, 1.82) is 0 Å². The Labute approximate surface area is 181 Å². The number of Topliss-reactive ketones (excluding diaryl/α,β-unsaturated/α-hetero) is 1. The highest BCUT2D eigenvalue weighted by Crippen LogP contribution is 2.15. The van der Waals surface area contributed by atoms with Crippen molar-refractivity contribution in [2.45, 2.75) is 155 Å². The maximum Gasteiger partial charge on any atom is 0.306 e. The van der Waals surface area contributed by atoms with Crippen molar-refractivity contribution in [2.75, 3.05) is 0 Å². The van der Waals surface area contributed by atoms with Crippen LogP contribution in [0.2, 0.25) is 0 Å². The van der Waals surface area contributed by atoms with Gasteiger partial charge in [-0.25, -0.2) is 0 Å². The van der Waals surface area contributed by atoms with E-state index in [1.54, 1.807) is 6.92 Å². The molecule has 172 valence electrons. The first-order chi connectivity index (χ1) is 14.1. The topological polar surface area (TPSA) is 43.4 Å². The third-order valence-electron chi connectivity index (χ3n) is 5.78. The first kappa shape index (κ1) is 28.1. The highest BCUT2D eigenvalue weighted by Gasteiger charge is 2.18. The van der Waals surface area contributed by atoms with Crippen LogP contribution in [0.1, 0.15) is 149 Å². The summed E-state index contributed by atoms with van der Waals surface area (Å²) < 4.78 is 5.47. The first-order valence-electron chi connectivity index (χ1n) is 12.8. The highest BCUT2D eigenvalue weighted by atomic mass is 16.5. The molecule has 0 saturated heterocycles. The number of ether oxygens (including phenoxy) is 1. The normalized spacial score (nSPS) is 12.1. The number of hydrogen-bond acceptors (Lipinski definition) is 3. The van der Waals surface area contributed by atoms with Gasteiger partial charge in [0.2, 0.25) is 0 Å². The fourth-order valence-electron chi connectivity index (χ4n) is 3.78. The summed E-state index contributed by atoms with van der Waals surface area (Å²) in [5.41, 5.74) is 0. The monoisotopic (exact) mass is 410 g/mol. The molecule has 0 aromatic carbocycles. The van der Waals surface area contributed by atoms with Gasteiger partial charge in [0.05, 0.1) is 0 Å². The van der Waals surface area contributed by atoms with Gasteiger partial charge in [0, 0.05) is 6.42 Å². The van der Waals surface area contributed by atoms with Crippen LogP contribution in [0, 0.1) is 0 Å². The molecule has 0 heterocycles. The van der Waals surface area contributed by atoms with Gasteiger partial charge in [-0.15, -0.1) is 0 Å². The molecule has 0 rings (SSSR count). The van der Waals surface area contributed by atoms with Crippen LogP contribution in [0.3, 0.4) is 0 Å². The molecule has 0 aromatic heterocycles. The van der Waals surface area contributed by atoms with Gasteiger partial charge in [-0.3, -0.25) is 9.59 Å². The molecule has 3 heteroatoms. The molecule has 0 N–H and O–H groups in total. The number of ketones is 1. The lowest BCUT2D eigenvalue weighted by atomic mass is 10.0. The van der Waals surface area contributed by atoms with Crippen LogP contribution in [0.5, 0.6) is 0 Å². The summed E-state index contributed by atoms with van der Waals surface area (Å²) in [6.07, 6.45) is 23.0. The molecular formula is C26H50O3. The van der Waals surface area contributed by atoms with Gasteiger partial charge in [0.1, 0.15) is 0 Å². The van der Waals surface area contributed by atoms with E-state index in [4.69, 9.17) is 4.74 Å². The van der Waals surface area contributed by atoms with Crippen LogP contribution in [0.15, 0.2) is 0 Å². The molecule has 1 atom stereocenters. The van der Waals surface area contributed by atoms with E-state index in [1.807, 2.05) is 0 Å². The third kappa shape index (κ3) is 20.2. The van der Waals surface area contributed by atoms with E-state index in [-0.39, 0.29) is 11.8 Å². The Kier molecular flexibility index (Phi) is 21.2. The Morgan fingerprint density at radius 1 is 0.586 bits per heavy atom. The summed E-state index contributed by atoms with van der Waals surface area (Å²) in [5.74, 6) is -0.200. The minimum Gasteiger partial charge on any atom is -0.454 e. The molecule has 0 aromatic rings. The van der Waals surface area contributed by atoms with Gasteiger partial charge in [-0.1, -0.05) is 117 Å². The Bertz CT molecular complexity index is 378. The SMILES string of the molecule is CCCCCCCCCCCC(=O)OC(CCCCCCCCCCC)C(C)=O. The van der Waals surface area contributed by atoms with Crippen LogP contribution in [-0.2, 0) is 14.3 Å². The minimum atomic E-state index is -0.523. The summed E-state index contributed by atoms with van der Waals surface area (Å²) in [7, 11) is 0. The lowest BCUT2D eigenvalue weighted by molar-refractivity contribution is -0.155.